The molecule has 0 unspecified atom stereocenters. The Bertz CT molecular complexity index is 80.9. The minimum Gasteiger partial charge on any atom is -0.271 e. The maximum atomic E-state index is 9.98. The van der Waals surface area contributed by atoms with E-state index in [4.69, 9.17) is 0 Å². The average Bonchev–Trinajstić information content (AvgIpc) is 2.19. The Morgan fingerprint density at radius 2 is 2.50 bits per heavy atom. The SMILES string of the molecule is CNN1CC1=O. The molecule has 1 N–H and O–H groups in total. The average molecular weight is 86.1 g/mol. The lowest BCUT2D eigenvalue weighted by Crippen LogP contribution is -2.14. The van der Waals surface area contributed by atoms with Gasteiger partial charge in [-0.2, -0.15) is 0 Å². The van der Waals surface area contributed by atoms with Crippen LogP contribution in [0.15, 0.2) is 0 Å². The second-order valence-corrected chi connectivity index (χ2v) is 1.20. The molecule has 0 aromatic heterocycles. The highest BCUT2D eigenvalue weighted by Gasteiger charge is 2.27. The van der Waals surface area contributed by atoms with Crippen molar-refractivity contribution in [1.82, 2.24) is 10.4 Å². The molecule has 1 amide bonds. The fraction of sp³-hybridized carbons (Fsp3) is 0.667. The number of hydrazine groups is 1. The monoisotopic (exact) mass is 86.0 g/mol. The Hall–Kier alpha value is -0.570. The van der Waals surface area contributed by atoms with E-state index in [9.17, 15) is 4.79 Å². The van der Waals surface area contributed by atoms with Crippen molar-refractivity contribution in [3.8, 4) is 0 Å². The van der Waals surface area contributed by atoms with Crippen LogP contribution >= 0.6 is 0 Å². The number of nitrogens with zero attached hydrogens (tertiary/aromatic N) is 1. The number of hydrogen-bond donors (Lipinski definition) is 1. The molecule has 1 aliphatic heterocycles. The van der Waals surface area contributed by atoms with E-state index in [1.807, 2.05) is 0 Å². The summed E-state index contributed by atoms with van der Waals surface area (Å²) in [6.07, 6.45) is 0. The summed E-state index contributed by atoms with van der Waals surface area (Å²) in [4.78, 5) is 9.98. The third kappa shape index (κ3) is 0.367. The normalized spacial score (nSPS) is 18.8. The Morgan fingerprint density at radius 3 is 2.50 bits per heavy atom. The Balaban J connectivity index is 2.26. The van der Waals surface area contributed by atoms with Crippen LogP contribution < -0.4 is 5.43 Å². The predicted octanol–water partition coefficient (Wildman–Crippen LogP) is -1.04. The first kappa shape index (κ1) is 3.61. The zero-order valence-corrected chi connectivity index (χ0v) is 3.56. The molecule has 1 saturated heterocycles. The third-order valence-electron chi connectivity index (χ3n) is 0.761. The molecule has 1 rings (SSSR count). The summed E-state index contributed by atoms with van der Waals surface area (Å²) in [6.45, 7) is 0.580. The van der Waals surface area contributed by atoms with E-state index in [1.165, 1.54) is 5.01 Å². The van der Waals surface area contributed by atoms with Gasteiger partial charge in [-0.05, 0) is 0 Å². The van der Waals surface area contributed by atoms with E-state index in [2.05, 4.69) is 5.43 Å². The van der Waals surface area contributed by atoms with Gasteiger partial charge in [-0.1, -0.05) is 0 Å². The van der Waals surface area contributed by atoms with Crippen molar-refractivity contribution in [3.63, 3.8) is 0 Å². The minimum absolute atomic E-state index is 0.178. The van der Waals surface area contributed by atoms with Crippen LogP contribution in [0.3, 0.4) is 0 Å². The van der Waals surface area contributed by atoms with Gasteiger partial charge in [-0.15, -0.1) is 0 Å². The molecule has 0 aromatic carbocycles. The minimum atomic E-state index is 0.178. The Labute approximate surface area is 35.9 Å². The molecule has 0 aliphatic carbocycles. The van der Waals surface area contributed by atoms with Gasteiger partial charge in [0.1, 0.15) is 6.54 Å². The molecule has 3 heteroatoms. The van der Waals surface area contributed by atoms with E-state index in [1.54, 1.807) is 7.05 Å². The van der Waals surface area contributed by atoms with Crippen molar-refractivity contribution in [2.24, 2.45) is 0 Å². The number of rotatable bonds is 1. The molecule has 34 valence electrons. The smallest absolute Gasteiger partial charge is 0.258 e. The molecule has 0 spiro atoms. The van der Waals surface area contributed by atoms with E-state index >= 15 is 0 Å². The van der Waals surface area contributed by atoms with Crippen LogP contribution in [0.5, 0.6) is 0 Å². The van der Waals surface area contributed by atoms with Gasteiger partial charge in [0.15, 0.2) is 0 Å². The quantitative estimate of drug-likeness (QED) is 0.413. The molecule has 0 atom stereocenters. The van der Waals surface area contributed by atoms with Crippen molar-refractivity contribution in [1.29, 1.82) is 0 Å². The number of amides is 1. The van der Waals surface area contributed by atoms with Gasteiger partial charge >= 0.3 is 0 Å². The molecular formula is C3H6N2O. The van der Waals surface area contributed by atoms with E-state index in [0.717, 1.165) is 0 Å². The molecule has 1 heterocycles. The van der Waals surface area contributed by atoms with Gasteiger partial charge < -0.3 is 0 Å². The Morgan fingerprint density at radius 1 is 2.00 bits per heavy atom. The molecule has 0 saturated carbocycles. The first-order valence-corrected chi connectivity index (χ1v) is 1.82. The lowest BCUT2D eigenvalue weighted by Gasteiger charge is -1.87. The molecule has 0 aromatic rings. The predicted molar refractivity (Wildman–Crippen MR) is 20.8 cm³/mol. The van der Waals surface area contributed by atoms with Crippen molar-refractivity contribution in [3.05, 3.63) is 0 Å². The van der Waals surface area contributed by atoms with Crippen LogP contribution in [-0.2, 0) is 4.79 Å². The van der Waals surface area contributed by atoms with E-state index < -0.39 is 0 Å². The summed E-state index contributed by atoms with van der Waals surface area (Å²) in [5.74, 6) is 0.178. The first-order valence-electron chi connectivity index (χ1n) is 1.82. The van der Waals surface area contributed by atoms with Crippen molar-refractivity contribution in [2.75, 3.05) is 13.6 Å². The highest BCUT2D eigenvalue weighted by atomic mass is 16.2. The van der Waals surface area contributed by atoms with Gasteiger partial charge in [-0.3, -0.25) is 9.80 Å². The van der Waals surface area contributed by atoms with Crippen LogP contribution in [-0.4, -0.2) is 24.5 Å². The summed E-state index contributed by atoms with van der Waals surface area (Å²) in [7, 11) is 1.73. The van der Waals surface area contributed by atoms with E-state index in [0.29, 0.717) is 6.54 Å². The maximum absolute atomic E-state index is 9.98. The fourth-order valence-corrected chi connectivity index (χ4v) is 0.304. The summed E-state index contributed by atoms with van der Waals surface area (Å²) in [5, 5.41) is 1.53. The maximum Gasteiger partial charge on any atom is 0.258 e. The molecule has 1 fully saturated rings. The van der Waals surface area contributed by atoms with Crippen LogP contribution in [0, 0.1) is 0 Å². The van der Waals surface area contributed by atoms with Crippen molar-refractivity contribution < 1.29 is 4.79 Å². The molecule has 0 radical (unpaired) electrons. The molecular weight excluding hydrogens is 80.0 g/mol. The summed E-state index contributed by atoms with van der Waals surface area (Å²) >= 11 is 0. The summed E-state index contributed by atoms with van der Waals surface area (Å²) < 4.78 is 0. The van der Waals surface area contributed by atoms with Gasteiger partial charge in [0.25, 0.3) is 5.91 Å². The topological polar surface area (TPSA) is 32.1 Å². The molecule has 3 nitrogen and oxygen atoms in total. The fourth-order valence-electron chi connectivity index (χ4n) is 0.304. The van der Waals surface area contributed by atoms with Gasteiger partial charge in [-0.25, -0.2) is 5.43 Å². The molecule has 6 heavy (non-hydrogen) atoms. The van der Waals surface area contributed by atoms with Gasteiger partial charge in [0, 0.05) is 7.05 Å². The van der Waals surface area contributed by atoms with Crippen molar-refractivity contribution >= 4 is 5.91 Å². The van der Waals surface area contributed by atoms with Gasteiger partial charge in [0.2, 0.25) is 0 Å². The molecule has 0 bridgehead atoms. The number of carbonyl (C=O) groups excluding carboxylic acids is 1. The second kappa shape index (κ2) is 0.944. The van der Waals surface area contributed by atoms with Gasteiger partial charge in [0.05, 0.1) is 0 Å². The standard InChI is InChI=1S/C3H6N2O/c1-4-5-2-3(5)6/h4H,2H2,1H3. The van der Waals surface area contributed by atoms with Crippen molar-refractivity contribution in [2.45, 2.75) is 0 Å². The zero-order valence-electron chi connectivity index (χ0n) is 3.56. The zero-order chi connectivity index (χ0) is 4.57. The lowest BCUT2D eigenvalue weighted by molar-refractivity contribution is -0.114. The number of hydrogen-bond acceptors (Lipinski definition) is 2. The third-order valence-corrected chi connectivity index (χ3v) is 0.761. The highest BCUT2D eigenvalue weighted by molar-refractivity contribution is 5.91. The highest BCUT2D eigenvalue weighted by Crippen LogP contribution is 1.97. The lowest BCUT2D eigenvalue weighted by atomic mass is 11.0. The summed E-state index contributed by atoms with van der Waals surface area (Å²) in [5.41, 5.74) is 2.67. The summed E-state index contributed by atoms with van der Waals surface area (Å²) in [6, 6.07) is 0. The number of nitrogens with one attached hydrogen (secondary N) is 1. The largest absolute Gasteiger partial charge is 0.271 e. The number of carbonyl (C=O) groups is 1. The van der Waals surface area contributed by atoms with E-state index in [-0.39, 0.29) is 5.91 Å². The van der Waals surface area contributed by atoms with Crippen LogP contribution in [0.4, 0.5) is 0 Å². The molecule has 1 aliphatic rings. The second-order valence-electron chi connectivity index (χ2n) is 1.20. The van der Waals surface area contributed by atoms with Crippen LogP contribution in [0.25, 0.3) is 0 Å². The first-order chi connectivity index (χ1) is 2.84. The van der Waals surface area contributed by atoms with Crippen LogP contribution in [0.1, 0.15) is 0 Å². The van der Waals surface area contributed by atoms with Crippen LogP contribution in [0.2, 0.25) is 0 Å². The Kier molecular flexibility index (Phi) is 0.569.